The second kappa shape index (κ2) is 11.0. The molecule has 0 bridgehead atoms. The summed E-state index contributed by atoms with van der Waals surface area (Å²) in [6.45, 7) is 3.94. The zero-order chi connectivity index (χ0) is 28.4. The maximum Gasteiger partial charge on any atom is 0.416 e. The molecule has 1 aliphatic heterocycles. The van der Waals surface area contributed by atoms with E-state index in [1.165, 1.54) is 6.20 Å². The van der Waals surface area contributed by atoms with Crippen LogP contribution < -0.4 is 15.1 Å². The Labute approximate surface area is 228 Å². The highest BCUT2D eigenvalue weighted by Gasteiger charge is 2.31. The fourth-order valence-corrected chi connectivity index (χ4v) is 4.28. The maximum absolute atomic E-state index is 14.5. The van der Waals surface area contributed by atoms with E-state index in [9.17, 15) is 17.6 Å². The van der Waals surface area contributed by atoms with Gasteiger partial charge in [0, 0.05) is 38.6 Å². The van der Waals surface area contributed by atoms with Crippen molar-refractivity contribution in [1.29, 1.82) is 0 Å². The Morgan fingerprint density at radius 3 is 2.30 bits per heavy atom. The van der Waals surface area contributed by atoms with E-state index in [0.717, 1.165) is 23.9 Å². The van der Waals surface area contributed by atoms with Crippen LogP contribution in [0, 0.1) is 12.7 Å². The molecule has 0 unspecified atom stereocenters. The van der Waals surface area contributed by atoms with Crippen molar-refractivity contribution in [1.82, 2.24) is 19.9 Å². The van der Waals surface area contributed by atoms with Crippen molar-refractivity contribution >= 4 is 22.9 Å². The Hall–Kier alpha value is -4.32. The molecule has 1 N–H and O–H groups in total. The Morgan fingerprint density at radius 2 is 1.62 bits per heavy atom. The van der Waals surface area contributed by atoms with E-state index < -0.39 is 17.6 Å². The summed E-state index contributed by atoms with van der Waals surface area (Å²) in [6, 6.07) is 10.9. The average molecular weight is 554 g/mol. The number of benzene rings is 1. The van der Waals surface area contributed by atoms with Crippen LogP contribution in [0.4, 0.5) is 40.4 Å². The second-order valence-electron chi connectivity index (χ2n) is 9.60. The van der Waals surface area contributed by atoms with Crippen molar-refractivity contribution < 1.29 is 22.3 Å². The summed E-state index contributed by atoms with van der Waals surface area (Å²) in [5, 5.41) is 3.00. The number of halogens is 4. The van der Waals surface area contributed by atoms with Crippen molar-refractivity contribution in [3.05, 3.63) is 71.8 Å². The third-order valence-corrected chi connectivity index (χ3v) is 6.31. The summed E-state index contributed by atoms with van der Waals surface area (Å²) in [7, 11) is 3.36. The largest absolute Gasteiger partial charge is 0.416 e. The molecule has 1 fully saturated rings. The van der Waals surface area contributed by atoms with Gasteiger partial charge in [0.1, 0.15) is 5.69 Å². The number of pyridine rings is 2. The molecule has 0 saturated carbocycles. The number of hydrogen-bond donors (Lipinski definition) is 1. The van der Waals surface area contributed by atoms with Crippen molar-refractivity contribution in [2.75, 3.05) is 55.5 Å². The monoisotopic (exact) mass is 553 g/mol. The highest BCUT2D eigenvalue weighted by molar-refractivity contribution is 5.68. The van der Waals surface area contributed by atoms with Gasteiger partial charge in [-0.25, -0.2) is 19.3 Å². The molecule has 4 aromatic rings. The molecule has 3 aromatic heterocycles. The molecule has 12 heteroatoms. The van der Waals surface area contributed by atoms with Crippen molar-refractivity contribution in [3.63, 3.8) is 0 Å². The Balaban J connectivity index is 1.41. The molecular weight excluding hydrogens is 526 g/mol. The third kappa shape index (κ3) is 6.12. The van der Waals surface area contributed by atoms with E-state index in [0.29, 0.717) is 54.8 Å². The molecule has 40 heavy (non-hydrogen) atoms. The fraction of sp³-hybridized carbons (Fsp3) is 0.286. The van der Waals surface area contributed by atoms with Crippen LogP contribution in [0.5, 0.6) is 0 Å². The summed E-state index contributed by atoms with van der Waals surface area (Å²) in [4.78, 5) is 21.2. The van der Waals surface area contributed by atoms with E-state index in [2.05, 4.69) is 25.3 Å². The number of morpholine rings is 1. The van der Waals surface area contributed by atoms with Gasteiger partial charge in [0.15, 0.2) is 17.5 Å². The first kappa shape index (κ1) is 27.3. The summed E-state index contributed by atoms with van der Waals surface area (Å²) >= 11 is 0. The number of rotatable bonds is 6. The lowest BCUT2D eigenvalue weighted by Gasteiger charge is -2.28. The SMILES string of the molecule is Cc1cc(-c2ccc(Nc3cc(N(C)C)cc(C(F)(F)F)c3)cn2)nc(-c2ncc(F)c(N3CCOCC3)n2)c1. The zero-order valence-corrected chi connectivity index (χ0v) is 22.1. The van der Waals surface area contributed by atoms with Crippen LogP contribution >= 0.6 is 0 Å². The number of ether oxygens (including phenoxy) is 1. The average Bonchev–Trinajstić information content (AvgIpc) is 2.93. The zero-order valence-electron chi connectivity index (χ0n) is 22.1. The van der Waals surface area contributed by atoms with Crippen molar-refractivity contribution in [3.8, 4) is 22.9 Å². The third-order valence-electron chi connectivity index (χ3n) is 6.31. The van der Waals surface area contributed by atoms with Crippen molar-refractivity contribution in [2.45, 2.75) is 13.1 Å². The van der Waals surface area contributed by atoms with Gasteiger partial charge in [-0.15, -0.1) is 0 Å². The van der Waals surface area contributed by atoms with Crippen LogP contribution in [0.3, 0.4) is 0 Å². The van der Waals surface area contributed by atoms with Crippen LogP contribution in [-0.2, 0) is 10.9 Å². The minimum absolute atomic E-state index is 0.207. The molecule has 1 saturated heterocycles. The number of anilines is 4. The molecule has 0 aliphatic carbocycles. The van der Waals surface area contributed by atoms with Gasteiger partial charge in [0.2, 0.25) is 0 Å². The summed E-state index contributed by atoms with van der Waals surface area (Å²) < 4.78 is 60.1. The quantitative estimate of drug-likeness (QED) is 0.304. The Morgan fingerprint density at radius 1 is 0.875 bits per heavy atom. The van der Waals surface area contributed by atoms with Crippen LogP contribution in [-0.4, -0.2) is 60.3 Å². The lowest BCUT2D eigenvalue weighted by atomic mass is 10.1. The number of hydrogen-bond acceptors (Lipinski definition) is 8. The molecular formula is C28H27F4N7O. The number of nitrogens with zero attached hydrogens (tertiary/aromatic N) is 6. The van der Waals surface area contributed by atoms with Crippen LogP contribution in [0.1, 0.15) is 11.1 Å². The highest BCUT2D eigenvalue weighted by Crippen LogP contribution is 2.35. The number of alkyl halides is 3. The van der Waals surface area contributed by atoms with Crippen LogP contribution in [0.2, 0.25) is 0 Å². The Kier molecular flexibility index (Phi) is 7.53. The first-order chi connectivity index (χ1) is 19.1. The molecule has 1 aromatic carbocycles. The number of aromatic nitrogens is 4. The van der Waals surface area contributed by atoms with Gasteiger partial charge in [-0.1, -0.05) is 0 Å². The van der Waals surface area contributed by atoms with Crippen LogP contribution in [0.15, 0.2) is 54.9 Å². The summed E-state index contributed by atoms with van der Waals surface area (Å²) in [5.41, 5.74) is 2.91. The lowest BCUT2D eigenvalue weighted by molar-refractivity contribution is -0.137. The maximum atomic E-state index is 14.5. The molecule has 0 atom stereocenters. The predicted molar refractivity (Wildman–Crippen MR) is 145 cm³/mol. The molecule has 4 heterocycles. The smallest absolute Gasteiger partial charge is 0.378 e. The Bertz CT molecular complexity index is 1500. The second-order valence-corrected chi connectivity index (χ2v) is 9.60. The van der Waals surface area contributed by atoms with Gasteiger partial charge in [-0.3, -0.25) is 4.98 Å². The van der Waals surface area contributed by atoms with Gasteiger partial charge in [0.25, 0.3) is 0 Å². The molecule has 0 spiro atoms. The molecule has 208 valence electrons. The van der Waals surface area contributed by atoms with E-state index in [1.807, 2.05) is 24.0 Å². The lowest BCUT2D eigenvalue weighted by Crippen LogP contribution is -2.37. The van der Waals surface area contributed by atoms with Crippen LogP contribution in [0.25, 0.3) is 22.9 Å². The van der Waals surface area contributed by atoms with E-state index in [1.54, 1.807) is 37.2 Å². The topological polar surface area (TPSA) is 79.3 Å². The summed E-state index contributed by atoms with van der Waals surface area (Å²) in [6.07, 6.45) is -1.80. The highest BCUT2D eigenvalue weighted by atomic mass is 19.4. The fourth-order valence-electron chi connectivity index (χ4n) is 4.28. The standard InChI is InChI=1S/C28H27F4N7O/c1-17-10-24(36-25(11-17)26-34-16-22(29)27(37-26)39-6-8-40-9-7-39)23-5-4-19(15-33-23)35-20-12-18(28(30,31)32)13-21(14-20)38(2)3/h4-5,10-16,35H,6-9H2,1-3H3. The van der Waals surface area contributed by atoms with Gasteiger partial charge in [0.05, 0.1) is 48.2 Å². The van der Waals surface area contributed by atoms with Gasteiger partial charge < -0.3 is 19.9 Å². The molecule has 0 amide bonds. The first-order valence-corrected chi connectivity index (χ1v) is 12.5. The van der Waals surface area contributed by atoms with E-state index in [-0.39, 0.29) is 17.3 Å². The molecule has 1 aliphatic rings. The minimum atomic E-state index is -4.48. The molecule has 8 nitrogen and oxygen atoms in total. The molecule has 5 rings (SSSR count). The first-order valence-electron chi connectivity index (χ1n) is 12.5. The van der Waals surface area contributed by atoms with Gasteiger partial charge >= 0.3 is 6.18 Å². The van der Waals surface area contributed by atoms with Gasteiger partial charge in [-0.05, 0) is 55.0 Å². The molecule has 0 radical (unpaired) electrons. The number of aryl methyl sites for hydroxylation is 1. The normalized spacial score (nSPS) is 13.8. The minimum Gasteiger partial charge on any atom is -0.378 e. The number of nitrogens with one attached hydrogen (secondary N) is 1. The van der Waals surface area contributed by atoms with Crippen molar-refractivity contribution in [2.24, 2.45) is 0 Å². The van der Waals surface area contributed by atoms with E-state index in [4.69, 9.17) is 4.74 Å². The van der Waals surface area contributed by atoms with Gasteiger partial charge in [-0.2, -0.15) is 13.2 Å². The van der Waals surface area contributed by atoms with E-state index >= 15 is 0 Å². The predicted octanol–water partition coefficient (Wildman–Crippen LogP) is 5.71. The summed E-state index contributed by atoms with van der Waals surface area (Å²) in [5.74, 6) is -0.0205.